The van der Waals surface area contributed by atoms with Gasteiger partial charge in [-0.3, -0.25) is 14.8 Å². The third-order valence-electron chi connectivity index (χ3n) is 4.87. The second-order valence-corrected chi connectivity index (χ2v) is 7.25. The topological polar surface area (TPSA) is 57.5 Å². The molecule has 0 aromatic rings. The number of morpholine rings is 1. The second-order valence-electron chi connectivity index (χ2n) is 7.25. The molecule has 2 aliphatic rings. The van der Waals surface area contributed by atoms with Crippen molar-refractivity contribution in [2.24, 2.45) is 4.99 Å². The molecule has 6 heteroatoms. The van der Waals surface area contributed by atoms with E-state index < -0.39 is 0 Å². The molecular formula is C25H45N3O3. The Bertz CT molecular complexity index is 571. The molecule has 0 amide bonds. The molecule has 0 unspecified atom stereocenters. The Morgan fingerprint density at radius 1 is 1.00 bits per heavy atom. The number of allylic oxidation sites excluding steroid dienone is 1. The van der Waals surface area contributed by atoms with Gasteiger partial charge in [0.1, 0.15) is 0 Å². The molecular weight excluding hydrogens is 390 g/mol. The molecule has 0 aromatic carbocycles. The summed E-state index contributed by atoms with van der Waals surface area (Å²) in [5, 5.41) is 9.59. The number of nitrogens with zero attached hydrogens (tertiary/aromatic N) is 3. The van der Waals surface area contributed by atoms with Crippen molar-refractivity contribution in [3.8, 4) is 0 Å². The van der Waals surface area contributed by atoms with Gasteiger partial charge in [-0.2, -0.15) is 0 Å². The average Bonchev–Trinajstić information content (AvgIpc) is 3.05. The molecule has 2 rings (SSSR count). The molecule has 0 spiro atoms. The van der Waals surface area contributed by atoms with E-state index in [9.17, 15) is 5.11 Å². The first-order chi connectivity index (χ1) is 15.0. The molecule has 0 bridgehead atoms. The first-order valence-corrected chi connectivity index (χ1v) is 11.4. The minimum Gasteiger partial charge on any atom is -0.390 e. The Kier molecular flexibility index (Phi) is 18.2. The molecule has 6 nitrogen and oxygen atoms in total. The van der Waals surface area contributed by atoms with Gasteiger partial charge in [0, 0.05) is 45.9 Å². The summed E-state index contributed by atoms with van der Waals surface area (Å²) >= 11 is 0. The van der Waals surface area contributed by atoms with E-state index in [1.807, 2.05) is 27.7 Å². The molecule has 31 heavy (non-hydrogen) atoms. The molecule has 178 valence electrons. The van der Waals surface area contributed by atoms with Crippen molar-refractivity contribution >= 4 is 6.72 Å². The first-order valence-electron chi connectivity index (χ1n) is 11.4. The maximum Gasteiger partial charge on any atom is 0.0855 e. The maximum absolute atomic E-state index is 9.59. The Hall–Kier alpha value is -1.57. The van der Waals surface area contributed by atoms with Crippen LogP contribution in [0.3, 0.4) is 0 Å². The van der Waals surface area contributed by atoms with E-state index in [1.165, 1.54) is 0 Å². The molecule has 1 N–H and O–H groups in total. The van der Waals surface area contributed by atoms with Crippen LogP contribution in [0.2, 0.25) is 0 Å². The normalized spacial score (nSPS) is 18.9. The summed E-state index contributed by atoms with van der Waals surface area (Å²) < 4.78 is 11.0. The fourth-order valence-electron chi connectivity index (χ4n) is 3.28. The molecule has 2 fully saturated rings. The highest BCUT2D eigenvalue weighted by Crippen LogP contribution is 2.20. The van der Waals surface area contributed by atoms with Gasteiger partial charge in [-0.1, -0.05) is 32.6 Å². The zero-order valence-electron chi connectivity index (χ0n) is 20.4. The van der Waals surface area contributed by atoms with Crippen LogP contribution in [0.15, 0.2) is 52.7 Å². The fraction of sp³-hybridized carbons (Fsp3) is 0.640. The lowest BCUT2D eigenvalue weighted by Crippen LogP contribution is -2.37. The van der Waals surface area contributed by atoms with Crippen molar-refractivity contribution in [1.29, 1.82) is 0 Å². The second kappa shape index (κ2) is 19.1. The van der Waals surface area contributed by atoms with Crippen molar-refractivity contribution < 1.29 is 14.6 Å². The van der Waals surface area contributed by atoms with E-state index >= 15 is 0 Å². The van der Waals surface area contributed by atoms with Gasteiger partial charge in [0.05, 0.1) is 32.1 Å². The lowest BCUT2D eigenvalue weighted by atomic mass is 10.0. The minimum absolute atomic E-state index is 0.105. The third-order valence-corrected chi connectivity index (χ3v) is 4.87. The summed E-state index contributed by atoms with van der Waals surface area (Å²) in [5.74, 6) is 0. The van der Waals surface area contributed by atoms with E-state index in [0.29, 0.717) is 5.70 Å². The SMILES string of the molecule is C=CC.C=N/C(CO)=C(C)/C(=C\C(=C)CN1CCOCC1)CN1CCCOCC1.CC. The Morgan fingerprint density at radius 3 is 2.03 bits per heavy atom. The zero-order valence-corrected chi connectivity index (χ0v) is 20.4. The highest BCUT2D eigenvalue weighted by molar-refractivity contribution is 5.42. The Balaban J connectivity index is 0.00000165. The summed E-state index contributed by atoms with van der Waals surface area (Å²) in [6.45, 7) is 27.6. The standard InChI is InChI=1S/C20H33N3O3.C3H6.C2H6/c1-17(14-23-7-11-26-12-8-23)13-19(18(2)20(16-24)21-3)15-22-5-4-9-25-10-6-22;1-3-2;1-2/h13,24H,1,3-12,14-16H2,2H3;3H,1H2,2H3;1-2H3/b19-13-,20-18+;;. The predicted octanol–water partition coefficient (Wildman–Crippen LogP) is 3.71. The smallest absolute Gasteiger partial charge is 0.0855 e. The molecule has 0 saturated carbocycles. The third kappa shape index (κ3) is 12.8. The van der Waals surface area contributed by atoms with Gasteiger partial charge in [0.2, 0.25) is 0 Å². The van der Waals surface area contributed by atoms with Crippen molar-refractivity contribution in [2.75, 3.05) is 72.3 Å². The predicted molar refractivity (Wildman–Crippen MR) is 133 cm³/mol. The molecule has 0 aromatic heterocycles. The molecule has 2 saturated heterocycles. The van der Waals surface area contributed by atoms with Gasteiger partial charge in [-0.15, -0.1) is 6.58 Å². The number of aliphatic hydroxyl groups excluding tert-OH is 1. The van der Waals surface area contributed by atoms with Gasteiger partial charge < -0.3 is 14.6 Å². The Morgan fingerprint density at radius 2 is 1.52 bits per heavy atom. The van der Waals surface area contributed by atoms with Gasteiger partial charge in [-0.25, -0.2) is 0 Å². The van der Waals surface area contributed by atoms with E-state index in [4.69, 9.17) is 9.47 Å². The van der Waals surface area contributed by atoms with Crippen LogP contribution in [0.5, 0.6) is 0 Å². The highest BCUT2D eigenvalue weighted by atomic mass is 16.5. The molecule has 0 radical (unpaired) electrons. The fourth-order valence-corrected chi connectivity index (χ4v) is 3.28. The number of hydrogen-bond acceptors (Lipinski definition) is 6. The van der Waals surface area contributed by atoms with Crippen LogP contribution < -0.4 is 0 Å². The van der Waals surface area contributed by atoms with Crippen molar-refractivity contribution in [1.82, 2.24) is 9.80 Å². The van der Waals surface area contributed by atoms with Gasteiger partial charge >= 0.3 is 0 Å². The molecule has 2 heterocycles. The number of rotatable bonds is 8. The van der Waals surface area contributed by atoms with Gasteiger partial charge in [0.25, 0.3) is 0 Å². The van der Waals surface area contributed by atoms with Crippen LogP contribution in [0.4, 0.5) is 0 Å². The van der Waals surface area contributed by atoms with E-state index in [0.717, 1.165) is 88.8 Å². The lowest BCUT2D eigenvalue weighted by molar-refractivity contribution is 0.0426. The number of aliphatic hydroxyl groups is 1. The first kappa shape index (κ1) is 29.4. The van der Waals surface area contributed by atoms with Crippen LogP contribution in [-0.2, 0) is 9.47 Å². The van der Waals surface area contributed by atoms with E-state index in [2.05, 4.69) is 40.7 Å². The van der Waals surface area contributed by atoms with Crippen molar-refractivity contribution in [3.63, 3.8) is 0 Å². The van der Waals surface area contributed by atoms with E-state index in [-0.39, 0.29) is 6.61 Å². The lowest BCUT2D eigenvalue weighted by Gasteiger charge is -2.27. The van der Waals surface area contributed by atoms with Crippen LogP contribution >= 0.6 is 0 Å². The van der Waals surface area contributed by atoms with Crippen LogP contribution in [0, 0.1) is 0 Å². The summed E-state index contributed by atoms with van der Waals surface area (Å²) in [7, 11) is 0. The quantitative estimate of drug-likeness (QED) is 0.358. The summed E-state index contributed by atoms with van der Waals surface area (Å²) in [4.78, 5) is 8.75. The molecule has 2 aliphatic heterocycles. The van der Waals surface area contributed by atoms with Crippen LogP contribution in [-0.4, -0.2) is 93.9 Å². The van der Waals surface area contributed by atoms with Crippen molar-refractivity contribution in [2.45, 2.75) is 34.1 Å². The number of ether oxygens (including phenoxy) is 2. The van der Waals surface area contributed by atoms with Crippen LogP contribution in [0.25, 0.3) is 0 Å². The zero-order chi connectivity index (χ0) is 23.5. The average molecular weight is 436 g/mol. The monoisotopic (exact) mass is 435 g/mol. The van der Waals surface area contributed by atoms with E-state index in [1.54, 1.807) is 6.08 Å². The van der Waals surface area contributed by atoms with Crippen LogP contribution in [0.1, 0.15) is 34.1 Å². The number of hydrogen-bond donors (Lipinski definition) is 1. The van der Waals surface area contributed by atoms with Gasteiger partial charge in [-0.05, 0) is 43.7 Å². The maximum atomic E-state index is 9.59. The summed E-state index contributed by atoms with van der Waals surface area (Å²) in [6, 6.07) is 0. The highest BCUT2D eigenvalue weighted by Gasteiger charge is 2.16. The minimum atomic E-state index is -0.105. The molecule has 0 aliphatic carbocycles. The number of aliphatic imine (C=N–C) groups is 1. The largest absolute Gasteiger partial charge is 0.390 e. The summed E-state index contributed by atoms with van der Waals surface area (Å²) in [6.07, 6.45) is 4.94. The summed E-state index contributed by atoms with van der Waals surface area (Å²) in [5.41, 5.74) is 3.81. The Labute approximate surface area is 190 Å². The van der Waals surface area contributed by atoms with Gasteiger partial charge in [0.15, 0.2) is 0 Å². The molecule has 0 atom stereocenters. The van der Waals surface area contributed by atoms with Crippen molar-refractivity contribution in [3.05, 3.63) is 47.7 Å².